The van der Waals surface area contributed by atoms with Crippen molar-refractivity contribution in [3.8, 4) is 17.3 Å². The predicted molar refractivity (Wildman–Crippen MR) is 104 cm³/mol. The number of pyridine rings is 2. The first-order valence-electron chi connectivity index (χ1n) is 9.47. The summed E-state index contributed by atoms with van der Waals surface area (Å²) in [5.74, 6) is 0.391. The Labute approximate surface area is 172 Å². The highest BCUT2D eigenvalue weighted by atomic mass is 16.5. The van der Waals surface area contributed by atoms with Gasteiger partial charge in [-0.05, 0) is 18.2 Å². The molecule has 1 amide bonds. The Balaban J connectivity index is 1.41. The number of aromatic nitrogens is 3. The summed E-state index contributed by atoms with van der Waals surface area (Å²) in [5, 5.41) is 15.3. The number of hydrogen-bond donors (Lipinski definition) is 2. The molecule has 30 heavy (non-hydrogen) atoms. The number of ether oxygens (including phenoxy) is 2. The van der Waals surface area contributed by atoms with E-state index in [2.05, 4.69) is 20.6 Å². The summed E-state index contributed by atoms with van der Waals surface area (Å²) in [5.41, 5.74) is 4.95. The summed E-state index contributed by atoms with van der Waals surface area (Å²) in [4.78, 5) is 20.8. The normalized spacial score (nSPS) is 14.4. The standard InChI is InChI=1S/C20H21N5O5/c26-12-17-15(19(24-30-17)16-3-1-2-6-21-16)13-29-18-5-4-14(11-22-18)20(27)23-25-7-9-28-10-8-25/h1-6,11,26H,7-10,12-13H2,(H,23,27). The van der Waals surface area contributed by atoms with Crippen molar-refractivity contribution < 1.29 is 23.9 Å². The molecule has 0 saturated carbocycles. The second kappa shape index (κ2) is 9.44. The number of nitrogens with zero attached hydrogens (tertiary/aromatic N) is 4. The monoisotopic (exact) mass is 411 g/mol. The highest BCUT2D eigenvalue weighted by Crippen LogP contribution is 2.25. The van der Waals surface area contributed by atoms with Crippen LogP contribution in [0.3, 0.4) is 0 Å². The van der Waals surface area contributed by atoms with Crippen LogP contribution < -0.4 is 10.2 Å². The maximum absolute atomic E-state index is 12.3. The highest BCUT2D eigenvalue weighted by molar-refractivity contribution is 5.93. The molecule has 1 fully saturated rings. The average Bonchev–Trinajstić information content (AvgIpc) is 3.22. The topological polar surface area (TPSA) is 123 Å². The van der Waals surface area contributed by atoms with Crippen LogP contribution in [0.5, 0.6) is 5.88 Å². The molecule has 0 spiro atoms. The molecule has 1 aliphatic rings. The lowest BCUT2D eigenvalue weighted by molar-refractivity contribution is 0.0126. The van der Waals surface area contributed by atoms with Gasteiger partial charge in [0.2, 0.25) is 5.88 Å². The highest BCUT2D eigenvalue weighted by Gasteiger charge is 2.19. The molecule has 0 bridgehead atoms. The Morgan fingerprint density at radius 1 is 1.20 bits per heavy atom. The molecular formula is C20H21N5O5. The van der Waals surface area contributed by atoms with E-state index < -0.39 is 0 Å². The summed E-state index contributed by atoms with van der Waals surface area (Å²) >= 11 is 0. The zero-order chi connectivity index (χ0) is 20.8. The molecule has 10 nitrogen and oxygen atoms in total. The molecule has 0 atom stereocenters. The SMILES string of the molecule is O=C(NN1CCOCC1)c1ccc(OCc2c(-c3ccccn3)noc2CO)nc1. The van der Waals surface area contributed by atoms with Crippen LogP contribution in [0.15, 0.2) is 47.2 Å². The molecule has 0 radical (unpaired) electrons. The largest absolute Gasteiger partial charge is 0.473 e. The zero-order valence-corrected chi connectivity index (χ0v) is 16.2. The molecule has 156 valence electrons. The Morgan fingerprint density at radius 2 is 2.07 bits per heavy atom. The molecule has 0 unspecified atom stereocenters. The average molecular weight is 411 g/mol. The number of aliphatic hydroxyl groups excluding tert-OH is 1. The quantitative estimate of drug-likeness (QED) is 0.590. The summed E-state index contributed by atoms with van der Waals surface area (Å²) in [6.45, 7) is 2.23. The molecule has 1 saturated heterocycles. The van der Waals surface area contributed by atoms with Gasteiger partial charge in [0.05, 0.1) is 30.0 Å². The molecule has 3 aromatic rings. The fraction of sp³-hybridized carbons (Fsp3) is 0.300. The number of rotatable bonds is 7. The van der Waals surface area contributed by atoms with Gasteiger partial charge in [0, 0.05) is 31.5 Å². The van der Waals surface area contributed by atoms with Crippen molar-refractivity contribution in [2.45, 2.75) is 13.2 Å². The maximum Gasteiger partial charge on any atom is 0.267 e. The fourth-order valence-corrected chi connectivity index (χ4v) is 2.95. The van der Waals surface area contributed by atoms with Gasteiger partial charge in [0.25, 0.3) is 5.91 Å². The van der Waals surface area contributed by atoms with E-state index in [1.165, 1.54) is 6.20 Å². The third-order valence-electron chi connectivity index (χ3n) is 4.55. The minimum absolute atomic E-state index is 0.0810. The van der Waals surface area contributed by atoms with Crippen LogP contribution in [0.2, 0.25) is 0 Å². The molecule has 1 aliphatic heterocycles. The fourth-order valence-electron chi connectivity index (χ4n) is 2.95. The van der Waals surface area contributed by atoms with E-state index >= 15 is 0 Å². The second-order valence-electron chi connectivity index (χ2n) is 6.52. The predicted octanol–water partition coefficient (Wildman–Crippen LogP) is 1.18. The van der Waals surface area contributed by atoms with E-state index in [4.69, 9.17) is 14.0 Å². The van der Waals surface area contributed by atoms with Crippen molar-refractivity contribution in [1.82, 2.24) is 25.6 Å². The lowest BCUT2D eigenvalue weighted by Gasteiger charge is -2.26. The van der Waals surface area contributed by atoms with Gasteiger partial charge in [-0.25, -0.2) is 9.99 Å². The first-order valence-corrected chi connectivity index (χ1v) is 9.47. The van der Waals surface area contributed by atoms with E-state index in [-0.39, 0.29) is 19.1 Å². The molecule has 0 aliphatic carbocycles. The third-order valence-corrected chi connectivity index (χ3v) is 4.55. The van der Waals surface area contributed by atoms with Gasteiger partial charge in [-0.15, -0.1) is 0 Å². The van der Waals surface area contributed by atoms with E-state index in [1.54, 1.807) is 30.5 Å². The summed E-state index contributed by atoms with van der Waals surface area (Å²) in [6, 6.07) is 8.68. The van der Waals surface area contributed by atoms with Gasteiger partial charge in [0.15, 0.2) is 5.76 Å². The Morgan fingerprint density at radius 3 is 2.77 bits per heavy atom. The van der Waals surface area contributed by atoms with Gasteiger partial charge in [-0.2, -0.15) is 0 Å². The number of hydrogen-bond acceptors (Lipinski definition) is 9. The Hall–Kier alpha value is -3.34. The number of nitrogens with one attached hydrogen (secondary N) is 1. The molecule has 2 N–H and O–H groups in total. The number of carbonyl (C=O) groups is 1. The van der Waals surface area contributed by atoms with Gasteiger partial charge >= 0.3 is 0 Å². The van der Waals surface area contributed by atoms with Crippen LogP contribution in [-0.2, 0) is 18.0 Å². The van der Waals surface area contributed by atoms with Crippen LogP contribution in [0.25, 0.3) is 11.4 Å². The molecule has 10 heteroatoms. The number of amides is 1. The van der Waals surface area contributed by atoms with E-state index in [0.717, 1.165) is 0 Å². The zero-order valence-electron chi connectivity index (χ0n) is 16.2. The van der Waals surface area contributed by atoms with Crippen LogP contribution in [-0.4, -0.2) is 57.5 Å². The van der Waals surface area contributed by atoms with Crippen molar-refractivity contribution in [2.75, 3.05) is 26.3 Å². The number of hydrazine groups is 1. The van der Waals surface area contributed by atoms with Gasteiger partial charge in [-0.3, -0.25) is 15.2 Å². The van der Waals surface area contributed by atoms with E-state index in [9.17, 15) is 9.90 Å². The van der Waals surface area contributed by atoms with E-state index in [1.807, 2.05) is 11.1 Å². The van der Waals surface area contributed by atoms with Crippen molar-refractivity contribution in [3.05, 3.63) is 59.6 Å². The van der Waals surface area contributed by atoms with Gasteiger partial charge in [-0.1, -0.05) is 11.2 Å². The smallest absolute Gasteiger partial charge is 0.267 e. The first kappa shape index (κ1) is 20.0. The minimum atomic E-state index is -0.313. The van der Waals surface area contributed by atoms with Crippen molar-refractivity contribution >= 4 is 5.91 Å². The van der Waals surface area contributed by atoms with Gasteiger partial charge in [0.1, 0.15) is 18.9 Å². The van der Waals surface area contributed by atoms with Gasteiger partial charge < -0.3 is 19.1 Å². The van der Waals surface area contributed by atoms with Crippen molar-refractivity contribution in [2.24, 2.45) is 0 Å². The number of carbonyl (C=O) groups excluding carboxylic acids is 1. The summed E-state index contributed by atoms with van der Waals surface area (Å²) in [6.07, 6.45) is 3.10. The summed E-state index contributed by atoms with van der Waals surface area (Å²) < 4.78 is 16.2. The minimum Gasteiger partial charge on any atom is -0.473 e. The number of aliphatic hydroxyl groups is 1. The lowest BCUT2D eigenvalue weighted by Crippen LogP contribution is -2.48. The Kier molecular flexibility index (Phi) is 6.28. The van der Waals surface area contributed by atoms with Crippen LogP contribution >= 0.6 is 0 Å². The molecule has 3 aromatic heterocycles. The van der Waals surface area contributed by atoms with Crippen molar-refractivity contribution in [1.29, 1.82) is 0 Å². The lowest BCUT2D eigenvalue weighted by atomic mass is 10.1. The van der Waals surface area contributed by atoms with E-state index in [0.29, 0.717) is 60.5 Å². The summed E-state index contributed by atoms with van der Waals surface area (Å²) in [7, 11) is 0. The first-order chi connectivity index (χ1) is 14.7. The molecule has 4 heterocycles. The van der Waals surface area contributed by atoms with Crippen LogP contribution in [0.1, 0.15) is 21.7 Å². The molecule has 0 aromatic carbocycles. The Bertz CT molecular complexity index is 971. The second-order valence-corrected chi connectivity index (χ2v) is 6.52. The van der Waals surface area contributed by atoms with Crippen molar-refractivity contribution in [3.63, 3.8) is 0 Å². The van der Waals surface area contributed by atoms with Crippen LogP contribution in [0.4, 0.5) is 0 Å². The number of morpholine rings is 1. The molecule has 4 rings (SSSR count). The third kappa shape index (κ3) is 4.62. The molecular weight excluding hydrogens is 390 g/mol. The maximum atomic E-state index is 12.3. The van der Waals surface area contributed by atoms with Crippen LogP contribution in [0, 0.1) is 0 Å².